The van der Waals surface area contributed by atoms with Crippen LogP contribution in [0.1, 0.15) is 24.3 Å². The molecule has 1 aromatic carbocycles. The van der Waals surface area contributed by atoms with E-state index in [1.54, 1.807) is 19.1 Å². The highest BCUT2D eigenvalue weighted by atomic mass is 16.5. The van der Waals surface area contributed by atoms with Gasteiger partial charge in [-0.15, -0.1) is 0 Å². The van der Waals surface area contributed by atoms with E-state index in [1.807, 2.05) is 30.3 Å². The monoisotopic (exact) mass is 382 g/mol. The topological polar surface area (TPSA) is 88.8 Å². The maximum atomic E-state index is 13.2. The lowest BCUT2D eigenvalue weighted by Gasteiger charge is -2.32. The summed E-state index contributed by atoms with van der Waals surface area (Å²) in [5.74, 6) is -2.25. The molecule has 4 atom stereocenters. The highest BCUT2D eigenvalue weighted by Gasteiger charge is 2.68. The molecule has 1 aromatic heterocycles. The van der Waals surface area contributed by atoms with Crippen LogP contribution in [0.3, 0.4) is 0 Å². The number of hydrogen-bond acceptors (Lipinski definition) is 6. The van der Waals surface area contributed by atoms with Gasteiger partial charge in [-0.05, 0) is 24.6 Å². The largest absolute Gasteiger partial charge is 0.468 e. The third-order valence-electron chi connectivity index (χ3n) is 5.79. The first-order valence-electron chi connectivity index (χ1n) is 9.32. The van der Waals surface area contributed by atoms with Crippen LogP contribution in [-0.2, 0) is 25.5 Å². The predicted molar refractivity (Wildman–Crippen MR) is 98.9 cm³/mol. The number of esters is 1. The van der Waals surface area contributed by atoms with Crippen molar-refractivity contribution in [3.05, 3.63) is 60.1 Å². The van der Waals surface area contributed by atoms with Crippen molar-refractivity contribution in [2.24, 2.45) is 11.8 Å². The average Bonchev–Trinajstić information content (AvgIpc) is 3.40. The van der Waals surface area contributed by atoms with Crippen molar-refractivity contribution in [1.29, 1.82) is 0 Å². The van der Waals surface area contributed by atoms with Gasteiger partial charge < -0.3 is 9.15 Å². The van der Waals surface area contributed by atoms with E-state index in [-0.39, 0.29) is 24.8 Å². The predicted octanol–water partition coefficient (Wildman–Crippen LogP) is 1.70. The van der Waals surface area contributed by atoms with E-state index in [4.69, 9.17) is 9.15 Å². The number of ether oxygens (including phenoxy) is 1. The Balaban J connectivity index is 1.86. The summed E-state index contributed by atoms with van der Waals surface area (Å²) in [6.07, 6.45) is 1.75. The zero-order valence-electron chi connectivity index (χ0n) is 15.8. The van der Waals surface area contributed by atoms with E-state index in [2.05, 4.69) is 5.32 Å². The molecule has 0 spiro atoms. The van der Waals surface area contributed by atoms with E-state index in [0.29, 0.717) is 5.76 Å². The molecule has 2 aromatic rings. The van der Waals surface area contributed by atoms with Gasteiger partial charge in [-0.2, -0.15) is 0 Å². The fourth-order valence-corrected chi connectivity index (χ4v) is 4.61. The number of benzene rings is 1. The smallest absolute Gasteiger partial charge is 0.327 e. The summed E-state index contributed by atoms with van der Waals surface area (Å²) in [5.41, 5.74) is -0.482. The number of nitrogens with zero attached hydrogens (tertiary/aromatic N) is 1. The van der Waals surface area contributed by atoms with Crippen LogP contribution >= 0.6 is 0 Å². The van der Waals surface area contributed by atoms with E-state index in [9.17, 15) is 14.4 Å². The Bertz CT molecular complexity index is 895. The molecular formula is C21H22N2O5. The van der Waals surface area contributed by atoms with Crippen LogP contribution in [0, 0.1) is 11.8 Å². The molecule has 0 bridgehead atoms. The molecular weight excluding hydrogens is 360 g/mol. The van der Waals surface area contributed by atoms with Crippen LogP contribution < -0.4 is 5.32 Å². The first kappa shape index (κ1) is 18.4. The minimum Gasteiger partial charge on any atom is -0.468 e. The van der Waals surface area contributed by atoms with Gasteiger partial charge in [0.25, 0.3) is 0 Å². The van der Waals surface area contributed by atoms with Crippen molar-refractivity contribution in [2.45, 2.75) is 24.9 Å². The van der Waals surface area contributed by atoms with Gasteiger partial charge in [-0.25, -0.2) is 0 Å². The fraction of sp³-hybridized carbons (Fsp3) is 0.381. The molecule has 2 aliphatic rings. The van der Waals surface area contributed by atoms with Gasteiger partial charge in [0.15, 0.2) is 0 Å². The number of carbonyl (C=O) groups is 3. The maximum absolute atomic E-state index is 13.2. The molecule has 0 aliphatic carbocycles. The van der Waals surface area contributed by atoms with Crippen LogP contribution in [0.2, 0.25) is 0 Å². The van der Waals surface area contributed by atoms with Gasteiger partial charge in [-0.1, -0.05) is 30.3 Å². The van der Waals surface area contributed by atoms with Crippen molar-refractivity contribution >= 4 is 17.8 Å². The van der Waals surface area contributed by atoms with Crippen molar-refractivity contribution in [3.63, 3.8) is 0 Å². The van der Waals surface area contributed by atoms with E-state index >= 15 is 0 Å². The number of rotatable bonds is 5. The van der Waals surface area contributed by atoms with Crippen LogP contribution in [-0.4, -0.2) is 41.9 Å². The molecule has 2 aliphatic heterocycles. The normalized spacial score (nSPS) is 29.2. The average molecular weight is 382 g/mol. The van der Waals surface area contributed by atoms with Gasteiger partial charge in [0, 0.05) is 13.0 Å². The van der Waals surface area contributed by atoms with Gasteiger partial charge in [-0.3, -0.25) is 24.6 Å². The first-order chi connectivity index (χ1) is 13.5. The lowest BCUT2D eigenvalue weighted by Crippen LogP contribution is -2.57. The Hall–Kier alpha value is -2.93. The molecule has 2 saturated heterocycles. The van der Waals surface area contributed by atoms with Crippen LogP contribution in [0.15, 0.2) is 53.1 Å². The Morgan fingerprint density at radius 2 is 1.93 bits per heavy atom. The fourth-order valence-electron chi connectivity index (χ4n) is 4.61. The summed E-state index contributed by atoms with van der Waals surface area (Å²) >= 11 is 0. The van der Waals surface area contributed by atoms with Crippen LogP contribution in [0.25, 0.3) is 0 Å². The van der Waals surface area contributed by atoms with Gasteiger partial charge in [0.05, 0.1) is 31.3 Å². The standard InChI is InChI=1S/C21H22N2O5/c1-3-23-18(24)15-16(19(23)25)21(20(26)27-2,12-13-8-5-4-6-9-13)22-17(15)14-10-7-11-28-14/h4-11,15-17,22H,3,12H2,1-2H3/t15-,16+,17-,21-/m1/s1. The number of hydrogen-bond donors (Lipinski definition) is 1. The summed E-state index contributed by atoms with van der Waals surface area (Å²) in [4.78, 5) is 40.5. The molecule has 7 heteroatoms. The second-order valence-corrected chi connectivity index (χ2v) is 7.19. The molecule has 2 fully saturated rings. The lowest BCUT2D eigenvalue weighted by atomic mass is 9.76. The number of imide groups is 1. The number of methoxy groups -OCH3 is 1. The molecule has 0 saturated carbocycles. The number of carbonyl (C=O) groups excluding carboxylic acids is 3. The number of fused-ring (bicyclic) bond motifs is 1. The van der Waals surface area contributed by atoms with Crippen LogP contribution in [0.4, 0.5) is 0 Å². The lowest BCUT2D eigenvalue weighted by molar-refractivity contribution is -0.154. The summed E-state index contributed by atoms with van der Waals surface area (Å²) < 4.78 is 10.7. The molecule has 146 valence electrons. The number of amides is 2. The van der Waals surface area contributed by atoms with Gasteiger partial charge in [0.1, 0.15) is 11.3 Å². The molecule has 0 radical (unpaired) electrons. The number of furan rings is 1. The SMILES string of the molecule is CCN1C(=O)[C@H]2[C@@H](c3ccco3)N[C@@](Cc3ccccc3)(C(=O)OC)[C@@H]2C1=O. The summed E-state index contributed by atoms with van der Waals surface area (Å²) in [5, 5.41) is 3.28. The minimum absolute atomic E-state index is 0.232. The number of likely N-dealkylation sites (tertiary alicyclic amines) is 1. The minimum atomic E-state index is -1.35. The second kappa shape index (κ2) is 6.91. The molecule has 1 N–H and O–H groups in total. The van der Waals surface area contributed by atoms with Gasteiger partial charge >= 0.3 is 5.97 Å². The van der Waals surface area contributed by atoms with E-state index in [0.717, 1.165) is 5.56 Å². The Morgan fingerprint density at radius 3 is 2.54 bits per heavy atom. The molecule has 2 amide bonds. The molecule has 28 heavy (non-hydrogen) atoms. The zero-order chi connectivity index (χ0) is 19.9. The quantitative estimate of drug-likeness (QED) is 0.625. The van der Waals surface area contributed by atoms with Crippen LogP contribution in [0.5, 0.6) is 0 Å². The van der Waals surface area contributed by atoms with Gasteiger partial charge in [0.2, 0.25) is 11.8 Å². The highest BCUT2D eigenvalue weighted by molar-refractivity contribution is 6.09. The third-order valence-corrected chi connectivity index (χ3v) is 5.79. The van der Waals surface area contributed by atoms with E-state index in [1.165, 1.54) is 18.3 Å². The summed E-state index contributed by atoms with van der Waals surface area (Å²) in [6, 6.07) is 12.3. The first-order valence-corrected chi connectivity index (χ1v) is 9.32. The molecule has 4 rings (SSSR count). The Kier molecular flexibility index (Phi) is 4.55. The van der Waals surface area contributed by atoms with Crippen molar-refractivity contribution in [1.82, 2.24) is 10.2 Å². The van der Waals surface area contributed by atoms with E-state index < -0.39 is 29.4 Å². The number of nitrogens with one attached hydrogen (secondary N) is 1. The Labute approximate surface area is 162 Å². The summed E-state index contributed by atoms with van der Waals surface area (Å²) in [6.45, 7) is 2.02. The zero-order valence-corrected chi connectivity index (χ0v) is 15.8. The third kappa shape index (κ3) is 2.57. The maximum Gasteiger partial charge on any atom is 0.327 e. The van der Waals surface area contributed by atoms with Crippen molar-refractivity contribution in [3.8, 4) is 0 Å². The molecule has 3 heterocycles. The van der Waals surface area contributed by atoms with Crippen molar-refractivity contribution in [2.75, 3.05) is 13.7 Å². The van der Waals surface area contributed by atoms with Crippen molar-refractivity contribution < 1.29 is 23.5 Å². The second-order valence-electron chi connectivity index (χ2n) is 7.19. The molecule has 0 unspecified atom stereocenters. The highest BCUT2D eigenvalue weighted by Crippen LogP contribution is 2.50. The Morgan fingerprint density at radius 1 is 1.18 bits per heavy atom. The summed E-state index contributed by atoms with van der Waals surface area (Å²) in [7, 11) is 1.30. The molecule has 7 nitrogen and oxygen atoms in total.